The van der Waals surface area contributed by atoms with E-state index in [1.807, 2.05) is 0 Å². The third kappa shape index (κ3) is 4.04. The molecule has 118 valence electrons. The van der Waals surface area contributed by atoms with Crippen molar-refractivity contribution in [2.75, 3.05) is 43.1 Å². The van der Waals surface area contributed by atoms with Crippen molar-refractivity contribution in [3.8, 4) is 0 Å². The molecule has 6 heteroatoms. The Balaban J connectivity index is 2.24. The fourth-order valence-electron chi connectivity index (χ4n) is 2.57. The fourth-order valence-corrected chi connectivity index (χ4v) is 2.57. The van der Waals surface area contributed by atoms with Crippen molar-refractivity contribution in [2.24, 2.45) is 0 Å². The van der Waals surface area contributed by atoms with Gasteiger partial charge >= 0.3 is 0 Å². The molecule has 0 spiro atoms. The highest BCUT2D eigenvalue weighted by molar-refractivity contribution is 5.59. The van der Waals surface area contributed by atoms with Crippen LogP contribution in [0.3, 0.4) is 0 Å². The molecule has 2 rings (SSSR count). The summed E-state index contributed by atoms with van der Waals surface area (Å²) in [6.07, 6.45) is 4.55. The maximum absolute atomic E-state index is 9.30. The number of aliphatic hydroxyl groups is 1. The van der Waals surface area contributed by atoms with Gasteiger partial charge in [-0.05, 0) is 12.8 Å². The predicted molar refractivity (Wildman–Crippen MR) is 83.8 cm³/mol. The van der Waals surface area contributed by atoms with Gasteiger partial charge in [-0.2, -0.15) is 0 Å². The van der Waals surface area contributed by atoms with Gasteiger partial charge in [0.2, 0.25) is 0 Å². The lowest BCUT2D eigenvalue weighted by atomic mass is 10.1. The van der Waals surface area contributed by atoms with Gasteiger partial charge in [-0.3, -0.25) is 0 Å². The molecule has 21 heavy (non-hydrogen) atoms. The molecule has 0 aromatic carbocycles. The second kappa shape index (κ2) is 8.14. The van der Waals surface area contributed by atoms with Gasteiger partial charge in [0, 0.05) is 25.2 Å². The van der Waals surface area contributed by atoms with E-state index in [9.17, 15) is 5.11 Å². The van der Waals surface area contributed by atoms with Crippen LogP contribution in [0.15, 0.2) is 6.33 Å². The lowest BCUT2D eigenvalue weighted by molar-refractivity contribution is 0.00331. The van der Waals surface area contributed by atoms with Crippen LogP contribution in [0.5, 0.6) is 0 Å². The minimum absolute atomic E-state index is 0.0473. The van der Waals surface area contributed by atoms with Crippen molar-refractivity contribution >= 4 is 11.6 Å². The molecular formula is C15H26N4O2. The first-order chi connectivity index (χ1) is 10.3. The largest absolute Gasteiger partial charge is 0.394 e. The van der Waals surface area contributed by atoms with Gasteiger partial charge < -0.3 is 20.1 Å². The second-order valence-corrected chi connectivity index (χ2v) is 5.32. The second-order valence-electron chi connectivity index (χ2n) is 5.32. The van der Waals surface area contributed by atoms with Crippen molar-refractivity contribution in [3.63, 3.8) is 0 Å². The molecule has 0 radical (unpaired) electrons. The van der Waals surface area contributed by atoms with E-state index in [2.05, 4.69) is 34.0 Å². The molecule has 0 bridgehead atoms. The van der Waals surface area contributed by atoms with Crippen LogP contribution in [-0.4, -0.2) is 54.0 Å². The van der Waals surface area contributed by atoms with Gasteiger partial charge in [-0.1, -0.05) is 20.3 Å². The Morgan fingerprint density at radius 3 is 2.95 bits per heavy atom. The van der Waals surface area contributed by atoms with Crippen LogP contribution in [0.1, 0.15) is 32.3 Å². The first-order valence-electron chi connectivity index (χ1n) is 7.85. The van der Waals surface area contributed by atoms with Crippen LogP contribution in [-0.2, 0) is 11.2 Å². The molecule has 1 saturated heterocycles. The summed E-state index contributed by atoms with van der Waals surface area (Å²) < 4.78 is 5.52. The molecule has 2 heterocycles. The number of anilines is 2. The van der Waals surface area contributed by atoms with Crippen LogP contribution in [0.4, 0.5) is 11.6 Å². The fraction of sp³-hybridized carbons (Fsp3) is 0.733. The molecule has 1 aliphatic heterocycles. The molecule has 1 aromatic heterocycles. The zero-order chi connectivity index (χ0) is 15.1. The van der Waals surface area contributed by atoms with Gasteiger partial charge in [-0.25, -0.2) is 9.97 Å². The highest BCUT2D eigenvalue weighted by atomic mass is 16.5. The van der Waals surface area contributed by atoms with Gasteiger partial charge in [0.1, 0.15) is 18.0 Å². The Hall–Kier alpha value is -1.40. The standard InChI is InChI=1S/C15H26N4O2/c1-3-5-13-14(16-6-4-2)17-11-18-15(13)19-7-8-21-12(9-19)10-20/h11-12,20H,3-10H2,1-2H3,(H,16,17,18). The summed E-state index contributed by atoms with van der Waals surface area (Å²) >= 11 is 0. The van der Waals surface area contributed by atoms with Crippen molar-refractivity contribution in [1.82, 2.24) is 9.97 Å². The maximum atomic E-state index is 9.30. The Bertz CT molecular complexity index is 442. The number of nitrogens with zero attached hydrogens (tertiary/aromatic N) is 3. The number of aromatic nitrogens is 2. The molecular weight excluding hydrogens is 268 g/mol. The summed E-state index contributed by atoms with van der Waals surface area (Å²) in [6.45, 7) is 7.37. The number of hydrogen-bond donors (Lipinski definition) is 2. The number of aliphatic hydroxyl groups excluding tert-OH is 1. The molecule has 1 aromatic rings. The van der Waals surface area contributed by atoms with E-state index in [0.29, 0.717) is 13.2 Å². The molecule has 6 nitrogen and oxygen atoms in total. The minimum Gasteiger partial charge on any atom is -0.394 e. The Kier molecular flexibility index (Phi) is 6.20. The number of rotatable bonds is 7. The van der Waals surface area contributed by atoms with E-state index in [1.165, 1.54) is 5.56 Å². The summed E-state index contributed by atoms with van der Waals surface area (Å²) in [7, 11) is 0. The predicted octanol–water partition coefficient (Wildman–Crippen LogP) is 1.45. The van der Waals surface area contributed by atoms with Crippen molar-refractivity contribution in [2.45, 2.75) is 39.2 Å². The van der Waals surface area contributed by atoms with E-state index in [-0.39, 0.29) is 12.7 Å². The van der Waals surface area contributed by atoms with Crippen LogP contribution in [0, 0.1) is 0 Å². The summed E-state index contributed by atoms with van der Waals surface area (Å²) in [4.78, 5) is 11.1. The monoisotopic (exact) mass is 294 g/mol. The highest BCUT2D eigenvalue weighted by Crippen LogP contribution is 2.26. The number of morpholine rings is 1. The van der Waals surface area contributed by atoms with Crippen LogP contribution in [0.2, 0.25) is 0 Å². The maximum Gasteiger partial charge on any atom is 0.137 e. The molecule has 1 unspecified atom stereocenters. The molecule has 0 saturated carbocycles. The Morgan fingerprint density at radius 1 is 1.38 bits per heavy atom. The van der Waals surface area contributed by atoms with E-state index >= 15 is 0 Å². The highest BCUT2D eigenvalue weighted by Gasteiger charge is 2.24. The zero-order valence-corrected chi connectivity index (χ0v) is 13.0. The van der Waals surface area contributed by atoms with E-state index < -0.39 is 0 Å². The summed E-state index contributed by atoms with van der Waals surface area (Å²) in [5.74, 6) is 1.92. The van der Waals surface area contributed by atoms with Crippen molar-refractivity contribution in [1.29, 1.82) is 0 Å². The molecule has 1 aliphatic rings. The third-order valence-electron chi connectivity index (χ3n) is 3.61. The Morgan fingerprint density at radius 2 is 2.24 bits per heavy atom. The molecule has 0 amide bonds. The van der Waals surface area contributed by atoms with Gasteiger partial charge in [-0.15, -0.1) is 0 Å². The first-order valence-corrected chi connectivity index (χ1v) is 7.85. The third-order valence-corrected chi connectivity index (χ3v) is 3.61. The van der Waals surface area contributed by atoms with Crippen molar-refractivity contribution < 1.29 is 9.84 Å². The number of ether oxygens (including phenoxy) is 1. The molecule has 2 N–H and O–H groups in total. The topological polar surface area (TPSA) is 70.5 Å². The van der Waals surface area contributed by atoms with Crippen molar-refractivity contribution in [3.05, 3.63) is 11.9 Å². The lowest BCUT2D eigenvalue weighted by Gasteiger charge is -2.34. The summed E-state index contributed by atoms with van der Waals surface area (Å²) in [5.41, 5.74) is 1.17. The SMILES string of the molecule is CCCNc1ncnc(N2CCOC(CO)C2)c1CCC. The normalized spacial score (nSPS) is 18.8. The average molecular weight is 294 g/mol. The van der Waals surface area contributed by atoms with E-state index in [4.69, 9.17) is 4.74 Å². The van der Waals surface area contributed by atoms with E-state index in [0.717, 1.165) is 44.0 Å². The molecule has 0 aliphatic carbocycles. The molecule has 1 atom stereocenters. The van der Waals surface area contributed by atoms with Gasteiger partial charge in [0.05, 0.1) is 19.3 Å². The van der Waals surface area contributed by atoms with Gasteiger partial charge in [0.15, 0.2) is 0 Å². The van der Waals surface area contributed by atoms with Crippen LogP contribution in [0.25, 0.3) is 0 Å². The quantitative estimate of drug-likeness (QED) is 0.793. The molecule has 1 fully saturated rings. The average Bonchev–Trinajstić information content (AvgIpc) is 2.54. The number of hydrogen-bond acceptors (Lipinski definition) is 6. The minimum atomic E-state index is -0.129. The lowest BCUT2D eigenvalue weighted by Crippen LogP contribution is -2.45. The van der Waals surface area contributed by atoms with Crippen LogP contribution >= 0.6 is 0 Å². The Labute approximate surface area is 126 Å². The van der Waals surface area contributed by atoms with Crippen LogP contribution < -0.4 is 10.2 Å². The number of nitrogens with one attached hydrogen (secondary N) is 1. The smallest absolute Gasteiger partial charge is 0.137 e. The zero-order valence-electron chi connectivity index (χ0n) is 13.0. The summed E-state index contributed by atoms with van der Waals surface area (Å²) in [6, 6.07) is 0. The van der Waals surface area contributed by atoms with E-state index in [1.54, 1.807) is 6.33 Å². The summed E-state index contributed by atoms with van der Waals surface area (Å²) in [5, 5.41) is 12.7. The van der Waals surface area contributed by atoms with Gasteiger partial charge in [0.25, 0.3) is 0 Å². The first kappa shape index (κ1) is 16.0.